The molecule has 0 spiro atoms. The first kappa shape index (κ1) is 18.6. The highest BCUT2D eigenvalue weighted by molar-refractivity contribution is 6.67. The first-order valence-electron chi connectivity index (χ1n) is 8.61. The molecule has 1 saturated carbocycles. The van der Waals surface area contributed by atoms with E-state index in [1.807, 2.05) is 31.2 Å². The summed E-state index contributed by atoms with van der Waals surface area (Å²) < 4.78 is 6.98. The van der Waals surface area contributed by atoms with E-state index in [1.165, 1.54) is 6.20 Å². The fraction of sp³-hybridized carbons (Fsp3) is 0.421. The van der Waals surface area contributed by atoms with Crippen LogP contribution < -0.4 is 0 Å². The molecule has 1 N–H and O–H groups in total. The monoisotopic (exact) mass is 376 g/mol. The van der Waals surface area contributed by atoms with Crippen molar-refractivity contribution in [3.05, 3.63) is 53.6 Å². The number of imidazole rings is 1. The van der Waals surface area contributed by atoms with E-state index in [-0.39, 0.29) is 12.6 Å². The van der Waals surface area contributed by atoms with Gasteiger partial charge in [0.25, 0.3) is 5.24 Å². The van der Waals surface area contributed by atoms with E-state index >= 15 is 0 Å². The molecule has 0 aliphatic heterocycles. The normalized spacial score (nSPS) is 17.0. The standard InChI is InChI=1S/C19H21ClN2O4/c1-13(22-12-21-10-16(22)17(20)23)15-6-4-14(5-7-15)11-26-18(24)19(25)8-2-3-9-19/h4-7,10,12-13,25H,2-3,8-9,11H2,1H3/t13-/m1/s1. The van der Waals surface area contributed by atoms with Gasteiger partial charge in [0.15, 0.2) is 5.60 Å². The van der Waals surface area contributed by atoms with Gasteiger partial charge in [-0.05, 0) is 55.3 Å². The SMILES string of the molecule is C[C@H](c1ccc(COC(=O)C2(O)CCCC2)cc1)n1cncc1C(=O)Cl. The van der Waals surface area contributed by atoms with Crippen LogP contribution in [-0.4, -0.2) is 31.5 Å². The molecular formula is C19H21ClN2O4. The van der Waals surface area contributed by atoms with Crippen LogP contribution in [0.15, 0.2) is 36.8 Å². The van der Waals surface area contributed by atoms with Gasteiger partial charge in [0.1, 0.15) is 12.3 Å². The molecule has 1 fully saturated rings. The second-order valence-corrected chi connectivity index (χ2v) is 7.04. The lowest BCUT2D eigenvalue weighted by Gasteiger charge is -2.20. The number of halogens is 1. The average molecular weight is 377 g/mol. The van der Waals surface area contributed by atoms with Gasteiger partial charge in [-0.25, -0.2) is 9.78 Å². The summed E-state index contributed by atoms with van der Waals surface area (Å²) in [4.78, 5) is 27.5. The zero-order valence-corrected chi connectivity index (χ0v) is 15.3. The van der Waals surface area contributed by atoms with Crippen molar-refractivity contribution in [1.82, 2.24) is 9.55 Å². The highest BCUT2D eigenvalue weighted by atomic mass is 35.5. The van der Waals surface area contributed by atoms with Gasteiger partial charge >= 0.3 is 5.97 Å². The van der Waals surface area contributed by atoms with Gasteiger partial charge in [0.2, 0.25) is 0 Å². The second-order valence-electron chi connectivity index (χ2n) is 6.69. The Labute approximate surface area is 156 Å². The third kappa shape index (κ3) is 3.81. The minimum absolute atomic E-state index is 0.117. The molecule has 2 aromatic rings. The van der Waals surface area contributed by atoms with Crippen LogP contribution in [0.5, 0.6) is 0 Å². The Balaban J connectivity index is 1.64. The molecule has 1 aliphatic rings. The van der Waals surface area contributed by atoms with E-state index in [2.05, 4.69) is 4.98 Å². The Morgan fingerprint density at radius 3 is 2.58 bits per heavy atom. The number of nitrogens with zero attached hydrogens (tertiary/aromatic N) is 2. The molecule has 1 aromatic heterocycles. The smallest absolute Gasteiger partial charge is 0.338 e. The number of aromatic nitrogens is 2. The van der Waals surface area contributed by atoms with E-state index in [9.17, 15) is 14.7 Å². The number of hydrogen-bond acceptors (Lipinski definition) is 5. The summed E-state index contributed by atoms with van der Waals surface area (Å²) in [5.41, 5.74) is 0.809. The Morgan fingerprint density at radius 2 is 1.96 bits per heavy atom. The molecule has 0 saturated heterocycles. The first-order chi connectivity index (χ1) is 12.4. The maximum Gasteiger partial charge on any atom is 0.338 e. The van der Waals surface area contributed by atoms with Crippen LogP contribution in [0.3, 0.4) is 0 Å². The molecule has 0 amide bonds. The molecule has 0 unspecified atom stereocenters. The summed E-state index contributed by atoms with van der Waals surface area (Å²) in [6, 6.07) is 7.40. The summed E-state index contributed by atoms with van der Waals surface area (Å²) in [5.74, 6) is -0.545. The van der Waals surface area contributed by atoms with Crippen LogP contribution in [0.25, 0.3) is 0 Å². The summed E-state index contributed by atoms with van der Waals surface area (Å²) in [7, 11) is 0. The highest BCUT2D eigenvalue weighted by Gasteiger charge is 2.40. The molecule has 0 radical (unpaired) electrons. The Morgan fingerprint density at radius 1 is 1.31 bits per heavy atom. The Hall–Kier alpha value is -2.18. The predicted octanol–water partition coefficient (Wildman–Crippen LogP) is 3.22. The zero-order chi connectivity index (χ0) is 18.7. The topological polar surface area (TPSA) is 81.4 Å². The van der Waals surface area contributed by atoms with E-state index in [4.69, 9.17) is 16.3 Å². The maximum absolute atomic E-state index is 12.0. The molecule has 6 nitrogen and oxygen atoms in total. The molecule has 1 aromatic carbocycles. The number of hydrogen-bond donors (Lipinski definition) is 1. The first-order valence-corrected chi connectivity index (χ1v) is 8.98. The summed E-state index contributed by atoms with van der Waals surface area (Å²) in [6.45, 7) is 2.06. The second kappa shape index (κ2) is 7.60. The fourth-order valence-electron chi connectivity index (χ4n) is 3.27. The van der Waals surface area contributed by atoms with Gasteiger partial charge in [-0.15, -0.1) is 0 Å². The van der Waals surface area contributed by atoms with E-state index in [1.54, 1.807) is 10.9 Å². The number of carbonyl (C=O) groups excluding carboxylic acids is 2. The summed E-state index contributed by atoms with van der Waals surface area (Å²) in [5, 5.41) is 9.66. The molecule has 138 valence electrons. The highest BCUT2D eigenvalue weighted by Crippen LogP contribution is 2.31. The van der Waals surface area contributed by atoms with Gasteiger partial charge in [0, 0.05) is 0 Å². The van der Waals surface area contributed by atoms with Crippen LogP contribution >= 0.6 is 11.6 Å². The number of esters is 1. The van der Waals surface area contributed by atoms with Crippen molar-refractivity contribution in [3.63, 3.8) is 0 Å². The van der Waals surface area contributed by atoms with E-state index < -0.39 is 16.8 Å². The number of aliphatic hydroxyl groups is 1. The third-order valence-corrected chi connectivity index (χ3v) is 5.12. The van der Waals surface area contributed by atoms with Crippen LogP contribution in [-0.2, 0) is 16.1 Å². The van der Waals surface area contributed by atoms with Gasteiger partial charge < -0.3 is 14.4 Å². The van der Waals surface area contributed by atoms with Crippen LogP contribution in [0, 0.1) is 0 Å². The lowest BCUT2D eigenvalue weighted by molar-refractivity contribution is -0.166. The number of benzene rings is 1. The molecule has 1 aliphatic carbocycles. The van der Waals surface area contributed by atoms with E-state index in [0.29, 0.717) is 18.5 Å². The Bertz CT molecular complexity index is 794. The van der Waals surface area contributed by atoms with Gasteiger partial charge in [0.05, 0.1) is 18.6 Å². The van der Waals surface area contributed by atoms with Crippen LogP contribution in [0.2, 0.25) is 0 Å². The van der Waals surface area contributed by atoms with Gasteiger partial charge in [-0.3, -0.25) is 4.79 Å². The largest absolute Gasteiger partial charge is 0.459 e. The minimum Gasteiger partial charge on any atom is -0.459 e. The Kier molecular flexibility index (Phi) is 5.44. The lowest BCUT2D eigenvalue weighted by Crippen LogP contribution is -2.36. The summed E-state index contributed by atoms with van der Waals surface area (Å²) in [6.07, 6.45) is 5.63. The van der Waals surface area contributed by atoms with Gasteiger partial charge in [-0.2, -0.15) is 0 Å². The molecule has 3 rings (SSSR count). The van der Waals surface area contributed by atoms with Gasteiger partial charge in [-0.1, -0.05) is 24.3 Å². The quantitative estimate of drug-likeness (QED) is 0.618. The molecular weight excluding hydrogens is 356 g/mol. The number of carbonyl (C=O) groups is 2. The van der Waals surface area contributed by atoms with Crippen molar-refractivity contribution in [1.29, 1.82) is 0 Å². The van der Waals surface area contributed by atoms with E-state index in [0.717, 1.165) is 24.0 Å². The number of ether oxygens (including phenoxy) is 1. The predicted molar refractivity (Wildman–Crippen MR) is 95.9 cm³/mol. The van der Waals surface area contributed by atoms with Crippen molar-refractivity contribution in [2.45, 2.75) is 50.9 Å². The van der Waals surface area contributed by atoms with Crippen molar-refractivity contribution in [3.8, 4) is 0 Å². The fourth-order valence-corrected chi connectivity index (χ4v) is 3.41. The molecule has 1 heterocycles. The summed E-state index contributed by atoms with van der Waals surface area (Å²) >= 11 is 5.57. The molecule has 0 bridgehead atoms. The van der Waals surface area contributed by atoms with Crippen molar-refractivity contribution < 1.29 is 19.4 Å². The van der Waals surface area contributed by atoms with Crippen molar-refractivity contribution in [2.75, 3.05) is 0 Å². The average Bonchev–Trinajstić information content (AvgIpc) is 3.29. The van der Waals surface area contributed by atoms with Crippen LogP contribution in [0.1, 0.15) is 60.3 Å². The third-order valence-electron chi connectivity index (χ3n) is 4.93. The lowest BCUT2D eigenvalue weighted by atomic mass is 10.0. The molecule has 26 heavy (non-hydrogen) atoms. The van der Waals surface area contributed by atoms with Crippen molar-refractivity contribution in [2.24, 2.45) is 0 Å². The zero-order valence-electron chi connectivity index (χ0n) is 14.5. The molecule has 7 heteroatoms. The van der Waals surface area contributed by atoms with Crippen LogP contribution in [0.4, 0.5) is 0 Å². The number of rotatable bonds is 6. The minimum atomic E-state index is -1.32. The van der Waals surface area contributed by atoms with Crippen molar-refractivity contribution >= 4 is 22.8 Å². The molecule has 1 atom stereocenters. The maximum atomic E-state index is 12.0.